The van der Waals surface area contributed by atoms with Gasteiger partial charge >= 0.3 is 0 Å². The first-order valence-electron chi connectivity index (χ1n) is 9.06. The molecule has 0 aliphatic carbocycles. The molecule has 0 radical (unpaired) electrons. The van der Waals surface area contributed by atoms with Crippen LogP contribution in [0.15, 0.2) is 16.8 Å². The Hall–Kier alpha value is -2.15. The number of hydrogen-bond acceptors (Lipinski definition) is 5. The van der Waals surface area contributed by atoms with Crippen LogP contribution in [0.2, 0.25) is 0 Å². The molecule has 0 spiro atoms. The second kappa shape index (κ2) is 8.80. The molecule has 7 nitrogen and oxygen atoms in total. The minimum atomic E-state index is -0.239. The minimum Gasteiger partial charge on any atom is -0.456 e. The molecule has 7 heteroatoms. The average molecular weight is 347 g/mol. The lowest BCUT2D eigenvalue weighted by atomic mass is 10.2. The first kappa shape index (κ1) is 19.2. The van der Waals surface area contributed by atoms with E-state index < -0.39 is 0 Å². The molecule has 0 bridgehead atoms. The van der Waals surface area contributed by atoms with E-state index in [2.05, 4.69) is 34.3 Å². The van der Waals surface area contributed by atoms with Crippen LogP contribution < -0.4 is 5.32 Å². The Balaban J connectivity index is 2.12. The van der Waals surface area contributed by atoms with E-state index in [0.717, 1.165) is 49.7 Å². The number of aryl methyl sites for hydroxylation is 2. The summed E-state index contributed by atoms with van der Waals surface area (Å²) >= 11 is 0. The van der Waals surface area contributed by atoms with Crippen molar-refractivity contribution in [2.75, 3.05) is 13.1 Å². The predicted molar refractivity (Wildman–Crippen MR) is 96.3 cm³/mol. The van der Waals surface area contributed by atoms with Crippen molar-refractivity contribution in [1.82, 2.24) is 25.0 Å². The highest BCUT2D eigenvalue weighted by Gasteiger charge is 2.21. The third-order valence-electron chi connectivity index (χ3n) is 4.45. The van der Waals surface area contributed by atoms with Crippen molar-refractivity contribution < 1.29 is 9.21 Å². The molecule has 2 aromatic heterocycles. The van der Waals surface area contributed by atoms with Gasteiger partial charge in [0, 0.05) is 25.1 Å². The van der Waals surface area contributed by atoms with Gasteiger partial charge in [-0.2, -0.15) is 0 Å². The molecule has 25 heavy (non-hydrogen) atoms. The quantitative estimate of drug-likeness (QED) is 0.755. The molecule has 0 saturated heterocycles. The molecule has 0 saturated carbocycles. The van der Waals surface area contributed by atoms with E-state index in [1.165, 1.54) is 0 Å². The zero-order valence-corrected chi connectivity index (χ0v) is 15.9. The van der Waals surface area contributed by atoms with E-state index in [9.17, 15) is 4.79 Å². The van der Waals surface area contributed by atoms with Gasteiger partial charge in [0.2, 0.25) is 0 Å². The zero-order chi connectivity index (χ0) is 18.4. The predicted octanol–water partition coefficient (Wildman–Crippen LogP) is 2.79. The lowest BCUT2D eigenvalue weighted by molar-refractivity contribution is 0.0908. The van der Waals surface area contributed by atoms with Crippen LogP contribution in [-0.2, 0) is 19.5 Å². The second-order valence-electron chi connectivity index (χ2n) is 6.04. The van der Waals surface area contributed by atoms with E-state index in [4.69, 9.17) is 4.42 Å². The molecule has 1 N–H and O–H groups in total. The van der Waals surface area contributed by atoms with Crippen molar-refractivity contribution in [1.29, 1.82) is 0 Å². The van der Waals surface area contributed by atoms with E-state index in [1.807, 2.05) is 31.4 Å². The summed E-state index contributed by atoms with van der Waals surface area (Å²) in [5.41, 5.74) is 1.08. The average Bonchev–Trinajstić information content (AvgIpc) is 3.25. The monoisotopic (exact) mass is 347 g/mol. The van der Waals surface area contributed by atoms with Gasteiger partial charge in [0.1, 0.15) is 12.1 Å². The molecule has 138 valence electrons. The highest BCUT2D eigenvalue weighted by Crippen LogP contribution is 2.19. The summed E-state index contributed by atoms with van der Waals surface area (Å²) in [6, 6.07) is 1.63. The van der Waals surface area contributed by atoms with Crippen LogP contribution >= 0.6 is 0 Å². The van der Waals surface area contributed by atoms with Gasteiger partial charge in [0.15, 0.2) is 11.6 Å². The summed E-state index contributed by atoms with van der Waals surface area (Å²) in [5, 5.41) is 11.0. The number of rotatable bonds is 9. The van der Waals surface area contributed by atoms with Gasteiger partial charge in [-0.3, -0.25) is 9.69 Å². The number of carbonyl (C=O) groups is 1. The van der Waals surface area contributed by atoms with Crippen molar-refractivity contribution in [3.8, 4) is 0 Å². The van der Waals surface area contributed by atoms with E-state index >= 15 is 0 Å². The van der Waals surface area contributed by atoms with Gasteiger partial charge in [-0.1, -0.05) is 20.8 Å². The number of carbonyl (C=O) groups excluding carboxylic acids is 1. The third kappa shape index (κ3) is 4.48. The highest BCUT2D eigenvalue weighted by atomic mass is 16.4. The Labute approximate surface area is 149 Å². The Bertz CT molecular complexity index is 687. The molecular formula is C18H29N5O2. The van der Waals surface area contributed by atoms with Gasteiger partial charge in [0.25, 0.3) is 5.91 Å². The minimum absolute atomic E-state index is 0.223. The number of hydrogen-bond donors (Lipinski definition) is 1. The van der Waals surface area contributed by atoms with Gasteiger partial charge in [-0.25, -0.2) is 0 Å². The lowest BCUT2D eigenvalue weighted by Gasteiger charge is -2.17. The van der Waals surface area contributed by atoms with Crippen molar-refractivity contribution in [3.63, 3.8) is 0 Å². The number of amides is 1. The fourth-order valence-corrected chi connectivity index (χ4v) is 2.87. The molecule has 0 unspecified atom stereocenters. The van der Waals surface area contributed by atoms with Crippen LogP contribution in [0.1, 0.15) is 68.4 Å². The SMILES string of the molecule is CCc1oc(C(=O)N[C@@H](C)c2nncn2CC)cc1CN(CC)CC. The van der Waals surface area contributed by atoms with Gasteiger partial charge in [0.05, 0.1) is 6.04 Å². The van der Waals surface area contributed by atoms with Crippen LogP contribution in [0.3, 0.4) is 0 Å². The molecule has 1 amide bonds. The van der Waals surface area contributed by atoms with E-state index in [1.54, 1.807) is 6.33 Å². The largest absolute Gasteiger partial charge is 0.456 e. The highest BCUT2D eigenvalue weighted by molar-refractivity contribution is 5.92. The van der Waals surface area contributed by atoms with Crippen molar-refractivity contribution >= 4 is 5.91 Å². The molecule has 2 aromatic rings. The van der Waals surface area contributed by atoms with E-state index in [0.29, 0.717) is 5.76 Å². The number of nitrogens with one attached hydrogen (secondary N) is 1. The molecule has 2 rings (SSSR count). The van der Waals surface area contributed by atoms with Gasteiger partial charge in [-0.15, -0.1) is 10.2 Å². The molecular weight excluding hydrogens is 318 g/mol. The number of nitrogens with zero attached hydrogens (tertiary/aromatic N) is 4. The first-order chi connectivity index (χ1) is 12.0. The standard InChI is InChI=1S/C18H29N5O2/c1-6-15-14(11-22(7-2)8-3)10-16(25-15)18(24)20-13(5)17-21-19-12-23(17)9-4/h10,12-13H,6-9,11H2,1-5H3,(H,20,24)/t13-/m0/s1. The summed E-state index contributed by atoms with van der Waals surface area (Å²) in [7, 11) is 0. The maximum Gasteiger partial charge on any atom is 0.287 e. The third-order valence-corrected chi connectivity index (χ3v) is 4.45. The molecule has 0 aliphatic rings. The van der Waals surface area contributed by atoms with Crippen LogP contribution in [0.25, 0.3) is 0 Å². The summed E-state index contributed by atoms with van der Waals surface area (Å²) < 4.78 is 7.72. The Morgan fingerprint density at radius 2 is 2.04 bits per heavy atom. The molecule has 1 atom stereocenters. The van der Waals surface area contributed by atoms with Crippen molar-refractivity contribution in [3.05, 3.63) is 35.3 Å². The number of furan rings is 1. The number of aromatic nitrogens is 3. The Kier molecular flexibility index (Phi) is 6.75. The van der Waals surface area contributed by atoms with Crippen molar-refractivity contribution in [2.45, 2.75) is 60.2 Å². The van der Waals surface area contributed by atoms with Crippen LogP contribution in [0.4, 0.5) is 0 Å². The van der Waals surface area contributed by atoms with Crippen LogP contribution in [0.5, 0.6) is 0 Å². The lowest BCUT2D eigenvalue weighted by Crippen LogP contribution is -2.28. The smallest absolute Gasteiger partial charge is 0.287 e. The van der Waals surface area contributed by atoms with Crippen molar-refractivity contribution in [2.24, 2.45) is 0 Å². The van der Waals surface area contributed by atoms with Gasteiger partial charge in [-0.05, 0) is 33.0 Å². The zero-order valence-electron chi connectivity index (χ0n) is 15.9. The molecule has 0 aromatic carbocycles. The Morgan fingerprint density at radius 3 is 2.64 bits per heavy atom. The fourth-order valence-electron chi connectivity index (χ4n) is 2.87. The fraction of sp³-hybridized carbons (Fsp3) is 0.611. The maximum absolute atomic E-state index is 12.6. The Morgan fingerprint density at radius 1 is 1.32 bits per heavy atom. The topological polar surface area (TPSA) is 76.2 Å². The maximum atomic E-state index is 12.6. The van der Waals surface area contributed by atoms with Crippen LogP contribution in [-0.4, -0.2) is 38.7 Å². The molecule has 0 aliphatic heterocycles. The first-order valence-corrected chi connectivity index (χ1v) is 9.06. The summed E-state index contributed by atoms with van der Waals surface area (Å²) in [4.78, 5) is 14.9. The summed E-state index contributed by atoms with van der Waals surface area (Å²) in [6.07, 6.45) is 2.44. The van der Waals surface area contributed by atoms with E-state index in [-0.39, 0.29) is 11.9 Å². The van der Waals surface area contributed by atoms with Gasteiger partial charge < -0.3 is 14.3 Å². The summed E-state index contributed by atoms with van der Waals surface area (Å²) in [6.45, 7) is 13.7. The second-order valence-corrected chi connectivity index (χ2v) is 6.04. The van der Waals surface area contributed by atoms with Crippen LogP contribution in [0, 0.1) is 0 Å². The molecule has 2 heterocycles. The molecule has 0 fully saturated rings. The normalized spacial score (nSPS) is 12.6. The summed E-state index contributed by atoms with van der Waals surface area (Å²) in [5.74, 6) is 1.75.